The van der Waals surface area contributed by atoms with E-state index in [1.165, 1.54) is 16.8 Å². The fourth-order valence-electron chi connectivity index (χ4n) is 7.03. The number of furan rings is 1. The Labute approximate surface area is 287 Å². The Kier molecular flexibility index (Phi) is 9.75. The zero-order valence-electron chi connectivity index (χ0n) is 28.0. The van der Waals surface area contributed by atoms with Gasteiger partial charge in [0.1, 0.15) is 5.58 Å². The number of carbonyl (C=O) groups is 2. The van der Waals surface area contributed by atoms with Gasteiger partial charge in [0.15, 0.2) is 5.76 Å². The van der Waals surface area contributed by atoms with Crippen molar-refractivity contribution in [3.63, 3.8) is 0 Å². The summed E-state index contributed by atoms with van der Waals surface area (Å²) in [6.45, 7) is 6.28. The monoisotopic (exact) mass is 657 g/mol. The summed E-state index contributed by atoms with van der Waals surface area (Å²) in [5.41, 5.74) is 5.46. The lowest BCUT2D eigenvalue weighted by atomic mass is 10.0. The van der Waals surface area contributed by atoms with Gasteiger partial charge < -0.3 is 15.1 Å². The molecule has 10 heteroatoms. The minimum Gasteiger partial charge on any atom is -0.451 e. The molecule has 2 fully saturated rings. The molecular formula is C39H43N7O3. The Morgan fingerprint density at radius 2 is 1.39 bits per heavy atom. The molecular weight excluding hydrogens is 614 g/mol. The summed E-state index contributed by atoms with van der Waals surface area (Å²) >= 11 is 0. The zero-order valence-corrected chi connectivity index (χ0v) is 28.0. The molecule has 10 nitrogen and oxygen atoms in total. The van der Waals surface area contributed by atoms with Gasteiger partial charge >= 0.3 is 0 Å². The number of likely N-dealkylation sites (N-methyl/N-ethyl adjacent to an activating group) is 1. The molecule has 2 amide bonds. The fourth-order valence-corrected chi connectivity index (χ4v) is 7.03. The first-order chi connectivity index (χ1) is 23.9. The lowest BCUT2D eigenvalue weighted by Crippen LogP contribution is -2.44. The number of likely N-dealkylation sites (tertiary alicyclic amines) is 2. The first-order valence-electron chi connectivity index (χ1n) is 17.2. The van der Waals surface area contributed by atoms with Gasteiger partial charge in [-0.05, 0) is 85.3 Å². The molecule has 0 saturated carbocycles. The zero-order chi connectivity index (χ0) is 33.7. The quantitative estimate of drug-likeness (QED) is 0.251. The van der Waals surface area contributed by atoms with Crippen LogP contribution < -0.4 is 15.6 Å². The molecule has 3 aromatic carbocycles. The molecule has 4 aromatic rings. The Hall–Kier alpha value is -4.95. The number of piperidine rings is 2. The molecule has 2 N–H and O–H groups in total. The van der Waals surface area contributed by atoms with Gasteiger partial charge in [0.05, 0.1) is 17.3 Å². The topological polar surface area (TPSA) is 108 Å². The number of rotatable bonds is 9. The Balaban J connectivity index is 0.859. The normalized spacial score (nSPS) is 18.2. The summed E-state index contributed by atoms with van der Waals surface area (Å²) < 4.78 is 5.88. The highest BCUT2D eigenvalue weighted by Gasteiger charge is 2.24. The number of benzene rings is 3. The highest BCUT2D eigenvalue weighted by atomic mass is 16.3. The van der Waals surface area contributed by atoms with Crippen LogP contribution in [0, 0.1) is 11.3 Å². The minimum atomic E-state index is -0.230. The molecule has 3 aliphatic rings. The van der Waals surface area contributed by atoms with Crippen LogP contribution in [-0.2, 0) is 13.1 Å². The number of nitrogens with zero attached hydrogens (tertiary/aromatic N) is 5. The number of nitriles is 1. The summed E-state index contributed by atoms with van der Waals surface area (Å²) in [6, 6.07) is 25.9. The predicted octanol–water partition coefficient (Wildman–Crippen LogP) is 5.27. The molecule has 4 heterocycles. The van der Waals surface area contributed by atoms with E-state index in [4.69, 9.17) is 9.68 Å². The van der Waals surface area contributed by atoms with Gasteiger partial charge in [0.25, 0.3) is 11.8 Å². The Morgan fingerprint density at radius 3 is 1.96 bits per heavy atom. The molecule has 0 bridgehead atoms. The van der Waals surface area contributed by atoms with Crippen LogP contribution >= 0.6 is 0 Å². The van der Waals surface area contributed by atoms with Crippen molar-refractivity contribution in [2.75, 3.05) is 44.8 Å². The molecule has 2 saturated heterocycles. The minimum absolute atomic E-state index is 0.0750. The van der Waals surface area contributed by atoms with E-state index in [2.05, 4.69) is 80.1 Å². The second kappa shape index (κ2) is 14.7. The first kappa shape index (κ1) is 32.6. The largest absolute Gasteiger partial charge is 0.451 e. The van der Waals surface area contributed by atoms with Crippen molar-refractivity contribution >= 4 is 28.5 Å². The average molecular weight is 658 g/mol. The van der Waals surface area contributed by atoms with Gasteiger partial charge in [0.2, 0.25) is 0 Å². The lowest BCUT2D eigenvalue weighted by Gasteiger charge is -2.32. The van der Waals surface area contributed by atoms with E-state index in [1.54, 1.807) is 24.3 Å². The van der Waals surface area contributed by atoms with Crippen LogP contribution in [0.1, 0.15) is 63.3 Å². The van der Waals surface area contributed by atoms with Gasteiger partial charge in [-0.2, -0.15) is 5.26 Å². The number of hydrogen-bond acceptors (Lipinski definition) is 8. The number of anilines is 1. The number of amides is 2. The Morgan fingerprint density at radius 1 is 0.796 bits per heavy atom. The van der Waals surface area contributed by atoms with Gasteiger partial charge in [-0.15, -0.1) is 0 Å². The van der Waals surface area contributed by atoms with Gasteiger partial charge in [-0.1, -0.05) is 30.3 Å². The summed E-state index contributed by atoms with van der Waals surface area (Å²) in [5, 5.41) is 20.4. The highest BCUT2D eigenvalue weighted by molar-refractivity contribution is 6.00. The SMILES string of the molecule is CN1CC=CN1c1ccc(CN2CCC(NC(=O)c3ccc4oc(C(=O)NC5CCN(Cc6ccc(C#N)cc6)CC5)cc4c3)CC2)cc1. The molecule has 49 heavy (non-hydrogen) atoms. The van der Waals surface area contributed by atoms with E-state index in [-0.39, 0.29) is 29.7 Å². The predicted molar refractivity (Wildman–Crippen MR) is 190 cm³/mol. The lowest BCUT2D eigenvalue weighted by molar-refractivity contribution is 0.0881. The summed E-state index contributed by atoms with van der Waals surface area (Å²) in [4.78, 5) is 31.1. The van der Waals surface area contributed by atoms with E-state index in [0.717, 1.165) is 76.9 Å². The van der Waals surface area contributed by atoms with Crippen LogP contribution in [0.3, 0.4) is 0 Å². The maximum absolute atomic E-state index is 13.2. The smallest absolute Gasteiger partial charge is 0.287 e. The first-order valence-corrected chi connectivity index (χ1v) is 17.2. The molecule has 3 aliphatic heterocycles. The summed E-state index contributed by atoms with van der Waals surface area (Å²) in [6.07, 6.45) is 7.77. The number of fused-ring (bicyclic) bond motifs is 1. The molecule has 0 atom stereocenters. The van der Waals surface area contributed by atoms with Crippen LogP contribution in [0.15, 0.2) is 89.5 Å². The van der Waals surface area contributed by atoms with Crippen LogP contribution in [0.4, 0.5) is 5.69 Å². The van der Waals surface area contributed by atoms with Crippen molar-refractivity contribution in [1.82, 2.24) is 25.4 Å². The molecule has 0 aliphatic carbocycles. The highest BCUT2D eigenvalue weighted by Crippen LogP contribution is 2.24. The number of hydrazine groups is 1. The van der Waals surface area contributed by atoms with E-state index in [1.807, 2.05) is 24.3 Å². The van der Waals surface area contributed by atoms with Crippen molar-refractivity contribution in [3.05, 3.63) is 113 Å². The maximum Gasteiger partial charge on any atom is 0.287 e. The third-order valence-corrected chi connectivity index (χ3v) is 9.93. The molecule has 0 radical (unpaired) electrons. The van der Waals surface area contributed by atoms with E-state index in [9.17, 15) is 9.59 Å². The van der Waals surface area contributed by atoms with Crippen LogP contribution in [0.5, 0.6) is 0 Å². The standard InChI is InChI=1S/C39H43N7O3/c1-43-17-2-18-46(43)35-10-7-30(8-11-35)27-45-19-13-33(14-20-45)41-38(47)31-9-12-36-32(23-31)24-37(49-36)39(48)42-34-15-21-44(22-16-34)26-29-5-3-28(25-40)4-6-29/h2-12,18,23-24,33-34H,13-17,19-22,26-27H2,1H3,(H,41,47)(H,42,48). The maximum atomic E-state index is 13.2. The molecule has 7 rings (SSSR count). The van der Waals surface area contributed by atoms with Crippen LogP contribution in [0.25, 0.3) is 11.0 Å². The van der Waals surface area contributed by atoms with Crippen LogP contribution in [-0.4, -0.2) is 78.5 Å². The van der Waals surface area contributed by atoms with Crippen LogP contribution in [0.2, 0.25) is 0 Å². The third kappa shape index (κ3) is 7.86. The number of carbonyl (C=O) groups excluding carboxylic acids is 2. The second-order valence-corrected chi connectivity index (χ2v) is 13.5. The summed E-state index contributed by atoms with van der Waals surface area (Å²) in [7, 11) is 2.08. The molecule has 0 unspecified atom stereocenters. The van der Waals surface area contributed by atoms with Gasteiger partial charge in [0, 0.05) is 82.1 Å². The third-order valence-electron chi connectivity index (χ3n) is 9.93. The summed E-state index contributed by atoms with van der Waals surface area (Å²) in [5.74, 6) is -0.0709. The van der Waals surface area contributed by atoms with E-state index < -0.39 is 0 Å². The molecule has 0 spiro atoms. The Bertz CT molecular complexity index is 1840. The van der Waals surface area contributed by atoms with Crippen molar-refractivity contribution in [2.45, 2.75) is 50.9 Å². The van der Waals surface area contributed by atoms with E-state index in [0.29, 0.717) is 16.7 Å². The van der Waals surface area contributed by atoms with Crippen molar-refractivity contribution in [2.24, 2.45) is 0 Å². The van der Waals surface area contributed by atoms with Gasteiger partial charge in [-0.25, -0.2) is 5.01 Å². The molecule has 252 valence electrons. The van der Waals surface area contributed by atoms with Gasteiger partial charge in [-0.3, -0.25) is 24.4 Å². The number of nitrogens with one attached hydrogen (secondary N) is 2. The number of hydrogen-bond donors (Lipinski definition) is 2. The van der Waals surface area contributed by atoms with Crippen molar-refractivity contribution < 1.29 is 14.0 Å². The average Bonchev–Trinajstić information content (AvgIpc) is 3.76. The van der Waals surface area contributed by atoms with Crippen molar-refractivity contribution in [1.29, 1.82) is 5.26 Å². The fraction of sp³-hybridized carbons (Fsp3) is 0.359. The van der Waals surface area contributed by atoms with Crippen molar-refractivity contribution in [3.8, 4) is 6.07 Å². The molecule has 1 aromatic heterocycles. The second-order valence-electron chi connectivity index (χ2n) is 13.5. The van der Waals surface area contributed by atoms with E-state index >= 15 is 0 Å².